The topological polar surface area (TPSA) is 59.1 Å². The van der Waals surface area contributed by atoms with E-state index in [-0.39, 0.29) is 37.2 Å². The monoisotopic (exact) mass is 494 g/mol. The zero-order valence-electron chi connectivity index (χ0n) is 19.5. The summed E-state index contributed by atoms with van der Waals surface area (Å²) in [6.45, 7) is 4.52. The summed E-state index contributed by atoms with van der Waals surface area (Å²) in [4.78, 5) is 30.9. The second-order valence-corrected chi connectivity index (χ2v) is 9.13. The minimum Gasteiger partial charge on any atom is -0.497 e. The summed E-state index contributed by atoms with van der Waals surface area (Å²) in [6.07, 6.45) is 2.30. The molecule has 0 radical (unpaired) electrons. The average Bonchev–Trinajstić information content (AvgIpc) is 3.36. The second kappa shape index (κ2) is 11.2. The Morgan fingerprint density at radius 3 is 2.77 bits per heavy atom. The fourth-order valence-corrected chi connectivity index (χ4v) is 5.10. The predicted octanol–water partition coefficient (Wildman–Crippen LogP) is 4.73. The third kappa shape index (κ3) is 5.71. The Kier molecular flexibility index (Phi) is 7.82. The molecule has 1 aromatic heterocycles. The molecule has 182 valence electrons. The van der Waals surface area contributed by atoms with Crippen molar-refractivity contribution in [1.82, 2.24) is 9.80 Å². The van der Waals surface area contributed by atoms with Gasteiger partial charge in [0.05, 0.1) is 13.2 Å². The molecule has 0 saturated carbocycles. The third-order valence-corrected chi connectivity index (χ3v) is 6.90. The van der Waals surface area contributed by atoms with Crippen LogP contribution in [-0.4, -0.2) is 55.0 Å². The molecular formula is C27H27FN2O4S. The van der Waals surface area contributed by atoms with Crippen LogP contribution >= 0.6 is 11.3 Å². The molecule has 8 heteroatoms. The first-order valence-electron chi connectivity index (χ1n) is 11.3. The molecular weight excluding hydrogens is 467 g/mol. The van der Waals surface area contributed by atoms with Gasteiger partial charge in [-0.25, -0.2) is 4.39 Å². The first-order valence-corrected chi connectivity index (χ1v) is 12.2. The molecule has 6 nitrogen and oxygen atoms in total. The molecule has 2 heterocycles. The van der Waals surface area contributed by atoms with Crippen LogP contribution in [-0.2, 0) is 11.2 Å². The van der Waals surface area contributed by atoms with Gasteiger partial charge in [-0.3, -0.25) is 9.59 Å². The molecule has 0 spiro atoms. The molecule has 2 aromatic carbocycles. The number of thiophene rings is 1. The van der Waals surface area contributed by atoms with Crippen molar-refractivity contribution in [2.24, 2.45) is 0 Å². The van der Waals surface area contributed by atoms with Gasteiger partial charge in [0.15, 0.2) is 0 Å². The highest BCUT2D eigenvalue weighted by atomic mass is 32.1. The van der Waals surface area contributed by atoms with Crippen molar-refractivity contribution in [3.05, 3.63) is 94.5 Å². The van der Waals surface area contributed by atoms with E-state index in [0.29, 0.717) is 18.0 Å². The lowest BCUT2D eigenvalue weighted by Gasteiger charge is -2.37. The van der Waals surface area contributed by atoms with Crippen LogP contribution in [0.1, 0.15) is 26.8 Å². The number of amides is 2. The van der Waals surface area contributed by atoms with Gasteiger partial charge >= 0.3 is 0 Å². The van der Waals surface area contributed by atoms with Crippen LogP contribution < -0.4 is 9.47 Å². The van der Waals surface area contributed by atoms with Crippen molar-refractivity contribution in [2.45, 2.75) is 12.5 Å². The van der Waals surface area contributed by atoms with Crippen LogP contribution in [0.4, 0.5) is 4.39 Å². The van der Waals surface area contributed by atoms with Gasteiger partial charge < -0.3 is 19.3 Å². The molecule has 0 N–H and O–H groups in total. The van der Waals surface area contributed by atoms with Gasteiger partial charge in [-0.2, -0.15) is 0 Å². The first kappa shape index (κ1) is 24.5. The predicted molar refractivity (Wildman–Crippen MR) is 133 cm³/mol. The van der Waals surface area contributed by atoms with Crippen molar-refractivity contribution in [1.29, 1.82) is 0 Å². The highest BCUT2D eigenvalue weighted by molar-refractivity contribution is 7.10. The van der Waals surface area contributed by atoms with Crippen molar-refractivity contribution < 1.29 is 23.5 Å². The molecule has 35 heavy (non-hydrogen) atoms. The molecule has 0 unspecified atom stereocenters. The van der Waals surface area contributed by atoms with Gasteiger partial charge in [0.1, 0.15) is 30.5 Å². The van der Waals surface area contributed by atoms with Crippen molar-refractivity contribution in [2.75, 3.05) is 33.4 Å². The number of hydrogen-bond acceptors (Lipinski definition) is 5. The van der Waals surface area contributed by atoms with Gasteiger partial charge in [-0.1, -0.05) is 18.2 Å². The summed E-state index contributed by atoms with van der Waals surface area (Å²) < 4.78 is 25.0. The maximum absolute atomic E-state index is 13.7. The molecule has 3 aromatic rings. The lowest BCUT2D eigenvalue weighted by Crippen LogP contribution is -2.47. The summed E-state index contributed by atoms with van der Waals surface area (Å²) in [7, 11) is 1.60. The Hall–Kier alpha value is -3.65. The van der Waals surface area contributed by atoms with E-state index in [1.807, 2.05) is 29.6 Å². The number of halogens is 1. The van der Waals surface area contributed by atoms with Gasteiger partial charge in [-0.15, -0.1) is 17.9 Å². The quantitative estimate of drug-likeness (QED) is 0.404. The Morgan fingerprint density at radius 2 is 2.00 bits per heavy atom. The SMILES string of the molecule is C=CCN(CC(=O)N1CCc2sccc2[C@@H]1COc1cccc(OC)c1)C(=O)c1cccc(F)c1. The fourth-order valence-electron chi connectivity index (χ4n) is 4.17. The minimum absolute atomic E-state index is 0.142. The number of rotatable bonds is 9. The molecule has 0 fully saturated rings. The number of fused-ring (bicyclic) bond motifs is 1. The maximum atomic E-state index is 13.7. The van der Waals surface area contributed by atoms with E-state index in [2.05, 4.69) is 6.58 Å². The van der Waals surface area contributed by atoms with Crippen LogP contribution in [0.15, 0.2) is 72.6 Å². The molecule has 0 aliphatic carbocycles. The van der Waals surface area contributed by atoms with E-state index >= 15 is 0 Å². The van der Waals surface area contributed by atoms with Gasteiger partial charge in [0.25, 0.3) is 5.91 Å². The number of ether oxygens (including phenoxy) is 2. The van der Waals surface area contributed by atoms with Crippen LogP contribution in [0.25, 0.3) is 0 Å². The van der Waals surface area contributed by atoms with Crippen molar-refractivity contribution in [3.8, 4) is 11.5 Å². The van der Waals surface area contributed by atoms with E-state index in [1.165, 1.54) is 34.0 Å². The Balaban J connectivity index is 1.52. The van der Waals surface area contributed by atoms with Crippen LogP contribution in [0.3, 0.4) is 0 Å². The van der Waals surface area contributed by atoms with Crippen LogP contribution in [0.5, 0.6) is 11.5 Å². The van der Waals surface area contributed by atoms with E-state index in [4.69, 9.17) is 9.47 Å². The Labute approximate surface area is 208 Å². The van der Waals surface area contributed by atoms with E-state index in [9.17, 15) is 14.0 Å². The standard InChI is InChI=1S/C27H27FN2O4S/c1-3-12-29(27(32)19-6-4-7-20(28)15-19)17-26(31)30-13-10-25-23(11-14-35-25)24(30)18-34-22-9-5-8-21(16-22)33-2/h3-9,11,14-16,24H,1,10,12-13,17-18H2,2H3/t24-/m0/s1. The number of benzene rings is 2. The average molecular weight is 495 g/mol. The summed E-state index contributed by atoms with van der Waals surface area (Å²) in [5.41, 5.74) is 1.25. The summed E-state index contributed by atoms with van der Waals surface area (Å²) in [5.74, 6) is 0.208. The normalized spacial score (nSPS) is 14.7. The van der Waals surface area contributed by atoms with Gasteiger partial charge in [-0.05, 0) is 53.8 Å². The minimum atomic E-state index is -0.503. The molecule has 0 bridgehead atoms. The summed E-state index contributed by atoms with van der Waals surface area (Å²) in [6, 6.07) is 14.5. The largest absolute Gasteiger partial charge is 0.497 e. The highest BCUT2D eigenvalue weighted by Gasteiger charge is 2.33. The first-order chi connectivity index (χ1) is 17.0. The van der Waals surface area contributed by atoms with E-state index in [1.54, 1.807) is 35.5 Å². The number of nitrogens with zero attached hydrogens (tertiary/aromatic N) is 2. The molecule has 1 atom stereocenters. The molecule has 1 aliphatic heterocycles. The van der Waals surface area contributed by atoms with Gasteiger partial charge in [0, 0.05) is 29.6 Å². The Morgan fingerprint density at radius 1 is 1.20 bits per heavy atom. The lowest BCUT2D eigenvalue weighted by atomic mass is 10.0. The van der Waals surface area contributed by atoms with Crippen LogP contribution in [0.2, 0.25) is 0 Å². The molecule has 2 amide bonds. The lowest BCUT2D eigenvalue weighted by molar-refractivity contribution is -0.135. The van der Waals surface area contributed by atoms with E-state index < -0.39 is 11.7 Å². The number of hydrogen-bond donors (Lipinski definition) is 0. The fraction of sp³-hybridized carbons (Fsp3) is 0.259. The van der Waals surface area contributed by atoms with Crippen molar-refractivity contribution in [3.63, 3.8) is 0 Å². The van der Waals surface area contributed by atoms with Gasteiger partial charge in [0.2, 0.25) is 5.91 Å². The summed E-state index contributed by atoms with van der Waals surface area (Å²) >= 11 is 1.67. The third-order valence-electron chi connectivity index (χ3n) is 5.90. The highest BCUT2D eigenvalue weighted by Crippen LogP contribution is 2.34. The van der Waals surface area contributed by atoms with Crippen molar-refractivity contribution >= 4 is 23.2 Å². The summed E-state index contributed by atoms with van der Waals surface area (Å²) in [5, 5.41) is 2.02. The molecule has 4 rings (SSSR count). The zero-order chi connectivity index (χ0) is 24.8. The second-order valence-electron chi connectivity index (χ2n) is 8.13. The number of carbonyl (C=O) groups excluding carboxylic acids is 2. The maximum Gasteiger partial charge on any atom is 0.254 e. The van der Waals surface area contributed by atoms with E-state index in [0.717, 1.165) is 12.0 Å². The zero-order valence-corrected chi connectivity index (χ0v) is 20.3. The Bertz CT molecular complexity index is 1210. The smallest absolute Gasteiger partial charge is 0.254 e. The number of methoxy groups -OCH3 is 1. The number of carbonyl (C=O) groups is 2. The molecule has 1 aliphatic rings. The van der Waals surface area contributed by atoms with Crippen LogP contribution in [0, 0.1) is 5.82 Å². The molecule has 0 saturated heterocycles.